The highest BCUT2D eigenvalue weighted by atomic mass is 16.5. The van der Waals surface area contributed by atoms with E-state index in [0.29, 0.717) is 16.9 Å². The first-order chi connectivity index (χ1) is 10.6. The third-order valence-corrected chi connectivity index (χ3v) is 4.01. The van der Waals surface area contributed by atoms with E-state index in [1.807, 2.05) is 56.3 Å². The van der Waals surface area contributed by atoms with E-state index in [1.54, 1.807) is 13.0 Å². The SMILES string of the molecule is Cc1c(C)c2ccc(OC(C)c3ccccc3)cc2oc1=O. The first-order valence-electron chi connectivity index (χ1n) is 7.32. The molecule has 3 heteroatoms. The second-order valence-corrected chi connectivity index (χ2v) is 5.47. The third-order valence-electron chi connectivity index (χ3n) is 4.01. The number of hydrogen-bond donors (Lipinski definition) is 0. The largest absolute Gasteiger partial charge is 0.486 e. The molecule has 0 N–H and O–H groups in total. The Hall–Kier alpha value is -2.55. The summed E-state index contributed by atoms with van der Waals surface area (Å²) in [7, 11) is 0. The van der Waals surface area contributed by atoms with Crippen LogP contribution in [0.2, 0.25) is 0 Å². The molecule has 0 saturated heterocycles. The Morgan fingerprint density at radius 3 is 2.45 bits per heavy atom. The molecule has 0 aliphatic carbocycles. The summed E-state index contributed by atoms with van der Waals surface area (Å²) in [6, 6.07) is 15.6. The van der Waals surface area contributed by atoms with Gasteiger partial charge < -0.3 is 9.15 Å². The molecule has 1 heterocycles. The molecule has 1 unspecified atom stereocenters. The highest BCUT2D eigenvalue weighted by molar-refractivity contribution is 5.82. The Balaban J connectivity index is 1.96. The van der Waals surface area contributed by atoms with E-state index in [2.05, 4.69) is 0 Å². The molecule has 22 heavy (non-hydrogen) atoms. The lowest BCUT2D eigenvalue weighted by molar-refractivity contribution is 0.227. The standard InChI is InChI=1S/C19H18O3/c1-12-13(2)19(20)22-18-11-16(9-10-17(12)18)21-14(3)15-7-5-4-6-8-15/h4-11,14H,1-3H3. The van der Waals surface area contributed by atoms with E-state index in [9.17, 15) is 4.79 Å². The van der Waals surface area contributed by atoms with Gasteiger partial charge in [0.1, 0.15) is 17.4 Å². The number of benzene rings is 2. The van der Waals surface area contributed by atoms with Crippen molar-refractivity contribution in [3.05, 3.63) is 75.6 Å². The lowest BCUT2D eigenvalue weighted by atomic mass is 10.1. The molecule has 0 fully saturated rings. The van der Waals surface area contributed by atoms with Crippen molar-refractivity contribution >= 4 is 11.0 Å². The van der Waals surface area contributed by atoms with Gasteiger partial charge in [-0.05, 0) is 44.0 Å². The number of aryl methyl sites for hydroxylation is 1. The van der Waals surface area contributed by atoms with Crippen LogP contribution < -0.4 is 10.4 Å². The summed E-state index contributed by atoms with van der Waals surface area (Å²) in [4.78, 5) is 11.8. The maximum Gasteiger partial charge on any atom is 0.339 e. The van der Waals surface area contributed by atoms with Gasteiger partial charge in [-0.25, -0.2) is 4.79 Å². The van der Waals surface area contributed by atoms with Gasteiger partial charge in [0.25, 0.3) is 0 Å². The van der Waals surface area contributed by atoms with Crippen LogP contribution in [-0.2, 0) is 0 Å². The van der Waals surface area contributed by atoms with Crippen LogP contribution in [0.1, 0.15) is 29.7 Å². The molecule has 3 rings (SSSR count). The maximum atomic E-state index is 11.8. The average molecular weight is 294 g/mol. The first kappa shape index (κ1) is 14.4. The topological polar surface area (TPSA) is 39.4 Å². The third kappa shape index (κ3) is 2.62. The molecule has 0 amide bonds. The van der Waals surface area contributed by atoms with Crippen molar-refractivity contribution in [1.82, 2.24) is 0 Å². The Kier molecular flexibility index (Phi) is 3.72. The van der Waals surface area contributed by atoms with Crippen molar-refractivity contribution < 1.29 is 9.15 Å². The van der Waals surface area contributed by atoms with Gasteiger partial charge in [-0.15, -0.1) is 0 Å². The molecule has 0 radical (unpaired) electrons. The molecule has 112 valence electrons. The lowest BCUT2D eigenvalue weighted by Crippen LogP contribution is -2.06. The van der Waals surface area contributed by atoms with Crippen molar-refractivity contribution in [2.75, 3.05) is 0 Å². The molecule has 1 atom stereocenters. The monoisotopic (exact) mass is 294 g/mol. The lowest BCUT2D eigenvalue weighted by Gasteiger charge is -2.15. The van der Waals surface area contributed by atoms with Crippen molar-refractivity contribution in [3.8, 4) is 5.75 Å². The van der Waals surface area contributed by atoms with Gasteiger partial charge in [-0.3, -0.25) is 0 Å². The zero-order chi connectivity index (χ0) is 15.7. The Morgan fingerprint density at radius 2 is 1.73 bits per heavy atom. The summed E-state index contributed by atoms with van der Waals surface area (Å²) in [5.74, 6) is 0.690. The minimum atomic E-state index is -0.293. The number of ether oxygens (including phenoxy) is 1. The zero-order valence-corrected chi connectivity index (χ0v) is 12.9. The molecule has 0 saturated carbocycles. The maximum absolute atomic E-state index is 11.8. The van der Waals surface area contributed by atoms with Crippen LogP contribution >= 0.6 is 0 Å². The second kappa shape index (κ2) is 5.68. The molecule has 0 aliphatic rings. The van der Waals surface area contributed by atoms with Crippen molar-refractivity contribution in [3.63, 3.8) is 0 Å². The number of fused-ring (bicyclic) bond motifs is 1. The molecule has 3 aromatic rings. The fraction of sp³-hybridized carbons (Fsp3) is 0.211. The van der Waals surface area contributed by atoms with Gasteiger partial charge in [-0.2, -0.15) is 0 Å². The Bertz CT molecular complexity index is 863. The van der Waals surface area contributed by atoms with E-state index in [0.717, 1.165) is 16.5 Å². The van der Waals surface area contributed by atoms with Crippen LogP contribution in [0.4, 0.5) is 0 Å². The van der Waals surface area contributed by atoms with Gasteiger partial charge in [0.15, 0.2) is 0 Å². The summed E-state index contributed by atoms with van der Waals surface area (Å²) in [6.07, 6.45) is -0.0723. The normalized spacial score (nSPS) is 12.3. The van der Waals surface area contributed by atoms with Gasteiger partial charge in [0, 0.05) is 17.0 Å². The molecular formula is C19H18O3. The zero-order valence-electron chi connectivity index (χ0n) is 12.9. The second-order valence-electron chi connectivity index (χ2n) is 5.47. The van der Waals surface area contributed by atoms with Crippen LogP contribution in [0.15, 0.2) is 57.7 Å². The fourth-order valence-electron chi connectivity index (χ4n) is 2.50. The van der Waals surface area contributed by atoms with Crippen LogP contribution in [0.3, 0.4) is 0 Å². The van der Waals surface area contributed by atoms with E-state index in [-0.39, 0.29) is 11.7 Å². The van der Waals surface area contributed by atoms with Gasteiger partial charge >= 0.3 is 5.63 Å². The summed E-state index contributed by atoms with van der Waals surface area (Å²) < 4.78 is 11.3. The minimum Gasteiger partial charge on any atom is -0.486 e. The van der Waals surface area contributed by atoms with Crippen molar-refractivity contribution in [2.45, 2.75) is 26.9 Å². The smallest absolute Gasteiger partial charge is 0.339 e. The summed E-state index contributed by atoms with van der Waals surface area (Å²) in [5.41, 5.74) is 2.97. The first-order valence-corrected chi connectivity index (χ1v) is 7.32. The van der Waals surface area contributed by atoms with Crippen molar-refractivity contribution in [1.29, 1.82) is 0 Å². The van der Waals surface area contributed by atoms with Gasteiger partial charge in [-0.1, -0.05) is 30.3 Å². The van der Waals surface area contributed by atoms with Gasteiger partial charge in [0.05, 0.1) is 0 Å². The van der Waals surface area contributed by atoms with E-state index in [4.69, 9.17) is 9.15 Å². The van der Waals surface area contributed by atoms with E-state index in [1.165, 1.54) is 0 Å². The quantitative estimate of drug-likeness (QED) is 0.665. The van der Waals surface area contributed by atoms with Crippen molar-refractivity contribution in [2.24, 2.45) is 0 Å². The highest BCUT2D eigenvalue weighted by Gasteiger charge is 2.11. The number of hydrogen-bond acceptors (Lipinski definition) is 3. The Morgan fingerprint density at radius 1 is 1.00 bits per heavy atom. The molecule has 2 aromatic carbocycles. The molecule has 0 aliphatic heterocycles. The summed E-state index contributed by atoms with van der Waals surface area (Å²) in [5, 5.41) is 0.941. The van der Waals surface area contributed by atoms with Crippen LogP contribution in [0.25, 0.3) is 11.0 Å². The van der Waals surface area contributed by atoms with Crippen LogP contribution in [-0.4, -0.2) is 0 Å². The molecule has 3 nitrogen and oxygen atoms in total. The van der Waals surface area contributed by atoms with E-state index < -0.39 is 0 Å². The summed E-state index contributed by atoms with van der Waals surface area (Å²) >= 11 is 0. The van der Waals surface area contributed by atoms with E-state index >= 15 is 0 Å². The molecule has 0 bridgehead atoms. The van der Waals surface area contributed by atoms with Crippen LogP contribution in [0.5, 0.6) is 5.75 Å². The average Bonchev–Trinajstić information content (AvgIpc) is 2.53. The van der Waals surface area contributed by atoms with Crippen LogP contribution in [0, 0.1) is 13.8 Å². The highest BCUT2D eigenvalue weighted by Crippen LogP contribution is 2.27. The molecule has 1 aromatic heterocycles. The molecule has 0 spiro atoms. The molecular weight excluding hydrogens is 276 g/mol. The predicted molar refractivity (Wildman–Crippen MR) is 87.4 cm³/mol. The predicted octanol–water partition coefficient (Wildman–Crippen LogP) is 4.55. The van der Waals surface area contributed by atoms with Gasteiger partial charge in [0.2, 0.25) is 0 Å². The fourth-order valence-corrected chi connectivity index (χ4v) is 2.50. The number of rotatable bonds is 3. The Labute approximate surface area is 129 Å². The summed E-state index contributed by atoms with van der Waals surface area (Å²) in [6.45, 7) is 5.71. The minimum absolute atomic E-state index is 0.0723.